The van der Waals surface area contributed by atoms with E-state index in [1.54, 1.807) is 6.92 Å². The molecule has 0 aliphatic rings. The fourth-order valence-electron chi connectivity index (χ4n) is 0.572. The smallest absolute Gasteiger partial charge is 0.335 e. The van der Waals surface area contributed by atoms with E-state index in [9.17, 15) is 9.59 Å². The number of Topliss-reactive ketones (excluding diaryl/α,β-unsaturated/α-hetero) is 1. The van der Waals surface area contributed by atoms with Crippen LogP contribution >= 0.6 is 15.9 Å². The summed E-state index contributed by atoms with van der Waals surface area (Å²) in [5.41, 5.74) is 0. The average Bonchev–Trinajstić information content (AvgIpc) is 2.02. The molecule has 0 aliphatic carbocycles. The molecule has 0 aromatic heterocycles. The number of esters is 1. The molecule has 2 unspecified atom stereocenters. The van der Waals surface area contributed by atoms with E-state index in [2.05, 4.69) is 20.7 Å². The molecule has 0 saturated heterocycles. The number of ketones is 1. The van der Waals surface area contributed by atoms with Crippen molar-refractivity contribution in [3.63, 3.8) is 0 Å². The van der Waals surface area contributed by atoms with E-state index in [-0.39, 0.29) is 17.0 Å². The monoisotopic (exact) mass is 238 g/mol. The van der Waals surface area contributed by atoms with Gasteiger partial charge in [0.05, 0.1) is 11.9 Å². The Bertz CT molecular complexity index is 178. The Hall–Kier alpha value is -0.420. The lowest BCUT2D eigenvalue weighted by Gasteiger charge is -2.07. The van der Waals surface area contributed by atoms with Crippen LogP contribution in [0.3, 0.4) is 0 Å². The summed E-state index contributed by atoms with van der Waals surface area (Å²) in [5, 5.41) is 9.02. The standard InChI is InChI=1S/C7H11BrO4/c1-4(8)5(9)3-6(10)7(11)12-2/h4,6,10H,3H2,1-2H3. The SMILES string of the molecule is COC(=O)C(O)CC(=O)C(C)Br. The highest BCUT2D eigenvalue weighted by atomic mass is 79.9. The van der Waals surface area contributed by atoms with Gasteiger partial charge in [0.15, 0.2) is 6.10 Å². The molecule has 0 fully saturated rings. The minimum absolute atomic E-state index is 0.209. The summed E-state index contributed by atoms with van der Waals surface area (Å²) in [4.78, 5) is 21.2. The zero-order valence-corrected chi connectivity index (χ0v) is 8.50. The molecule has 5 heteroatoms. The minimum atomic E-state index is -1.34. The number of rotatable bonds is 4. The minimum Gasteiger partial charge on any atom is -0.467 e. The molecule has 0 rings (SSSR count). The van der Waals surface area contributed by atoms with E-state index in [1.807, 2.05) is 0 Å². The van der Waals surface area contributed by atoms with Gasteiger partial charge in [0, 0.05) is 6.42 Å². The first kappa shape index (κ1) is 11.6. The maximum Gasteiger partial charge on any atom is 0.335 e. The summed E-state index contributed by atoms with van der Waals surface area (Å²) in [7, 11) is 1.16. The Kier molecular flexibility index (Phi) is 5.08. The zero-order chi connectivity index (χ0) is 9.72. The number of ether oxygens (including phenoxy) is 1. The maximum atomic E-state index is 11.0. The highest BCUT2D eigenvalue weighted by molar-refractivity contribution is 9.10. The van der Waals surface area contributed by atoms with Gasteiger partial charge in [-0.15, -0.1) is 0 Å². The third kappa shape index (κ3) is 3.82. The molecule has 0 heterocycles. The fourth-order valence-corrected chi connectivity index (χ4v) is 0.759. The van der Waals surface area contributed by atoms with Crippen molar-refractivity contribution < 1.29 is 19.4 Å². The van der Waals surface area contributed by atoms with Crippen LogP contribution in [0.2, 0.25) is 0 Å². The summed E-state index contributed by atoms with van der Waals surface area (Å²) in [6.07, 6.45) is -1.55. The lowest BCUT2D eigenvalue weighted by atomic mass is 10.1. The molecule has 0 amide bonds. The van der Waals surface area contributed by atoms with Gasteiger partial charge in [-0.1, -0.05) is 15.9 Å². The summed E-state index contributed by atoms with van der Waals surface area (Å²) in [5.74, 6) is -1.01. The number of halogens is 1. The van der Waals surface area contributed by atoms with Crippen LogP contribution in [-0.2, 0) is 14.3 Å². The molecule has 12 heavy (non-hydrogen) atoms. The van der Waals surface area contributed by atoms with Gasteiger partial charge in [-0.05, 0) is 6.92 Å². The van der Waals surface area contributed by atoms with Crippen LogP contribution in [0.15, 0.2) is 0 Å². The lowest BCUT2D eigenvalue weighted by Crippen LogP contribution is -2.27. The number of hydrogen-bond acceptors (Lipinski definition) is 4. The molecular formula is C7H11BrO4. The first-order valence-electron chi connectivity index (χ1n) is 3.41. The van der Waals surface area contributed by atoms with Gasteiger partial charge < -0.3 is 9.84 Å². The van der Waals surface area contributed by atoms with E-state index in [0.29, 0.717) is 0 Å². The quantitative estimate of drug-likeness (QED) is 0.564. The normalized spacial score (nSPS) is 15.0. The van der Waals surface area contributed by atoms with Crippen LogP contribution < -0.4 is 0 Å². The molecule has 70 valence electrons. The van der Waals surface area contributed by atoms with Crippen LogP contribution in [0.1, 0.15) is 13.3 Å². The molecular weight excluding hydrogens is 228 g/mol. The molecule has 4 nitrogen and oxygen atoms in total. The topological polar surface area (TPSA) is 63.6 Å². The number of alkyl halides is 1. The zero-order valence-electron chi connectivity index (χ0n) is 6.91. The van der Waals surface area contributed by atoms with Crippen LogP contribution in [-0.4, -0.2) is 34.9 Å². The Morgan fingerprint density at radius 1 is 1.58 bits per heavy atom. The van der Waals surface area contributed by atoms with Gasteiger partial charge in [0.25, 0.3) is 0 Å². The van der Waals surface area contributed by atoms with Crippen molar-refractivity contribution in [3.8, 4) is 0 Å². The van der Waals surface area contributed by atoms with E-state index in [4.69, 9.17) is 5.11 Å². The summed E-state index contributed by atoms with van der Waals surface area (Å²) in [6, 6.07) is 0. The van der Waals surface area contributed by atoms with Crippen molar-refractivity contribution in [2.75, 3.05) is 7.11 Å². The Morgan fingerprint density at radius 3 is 2.42 bits per heavy atom. The van der Waals surface area contributed by atoms with Crippen molar-refractivity contribution >= 4 is 27.7 Å². The highest BCUT2D eigenvalue weighted by Crippen LogP contribution is 2.05. The van der Waals surface area contributed by atoms with Gasteiger partial charge in [-0.2, -0.15) is 0 Å². The molecule has 0 aliphatic heterocycles. The van der Waals surface area contributed by atoms with Crippen molar-refractivity contribution in [2.24, 2.45) is 0 Å². The van der Waals surface area contributed by atoms with Gasteiger partial charge in [0.2, 0.25) is 0 Å². The molecule has 0 aromatic rings. The van der Waals surface area contributed by atoms with Crippen LogP contribution in [0.5, 0.6) is 0 Å². The van der Waals surface area contributed by atoms with E-state index < -0.39 is 12.1 Å². The first-order chi connectivity index (χ1) is 5.49. The highest BCUT2D eigenvalue weighted by Gasteiger charge is 2.21. The Morgan fingerprint density at radius 2 is 2.08 bits per heavy atom. The summed E-state index contributed by atoms with van der Waals surface area (Å²) >= 11 is 3.03. The lowest BCUT2D eigenvalue weighted by molar-refractivity contribution is -0.152. The first-order valence-corrected chi connectivity index (χ1v) is 4.33. The van der Waals surface area contributed by atoms with Gasteiger partial charge in [-0.25, -0.2) is 4.79 Å². The van der Waals surface area contributed by atoms with E-state index >= 15 is 0 Å². The third-order valence-electron chi connectivity index (χ3n) is 1.31. The number of carbonyl (C=O) groups is 2. The number of methoxy groups -OCH3 is 1. The van der Waals surface area contributed by atoms with E-state index in [0.717, 1.165) is 7.11 Å². The van der Waals surface area contributed by atoms with Crippen molar-refractivity contribution in [1.82, 2.24) is 0 Å². The van der Waals surface area contributed by atoms with Gasteiger partial charge in [0.1, 0.15) is 5.78 Å². The summed E-state index contributed by atoms with van der Waals surface area (Å²) < 4.78 is 4.24. The number of carbonyl (C=O) groups excluding carboxylic acids is 2. The van der Waals surface area contributed by atoms with Crippen molar-refractivity contribution in [2.45, 2.75) is 24.3 Å². The van der Waals surface area contributed by atoms with Crippen molar-refractivity contribution in [3.05, 3.63) is 0 Å². The molecule has 2 atom stereocenters. The Balaban J connectivity index is 3.92. The van der Waals surface area contributed by atoms with E-state index in [1.165, 1.54) is 0 Å². The van der Waals surface area contributed by atoms with Gasteiger partial charge >= 0.3 is 5.97 Å². The summed E-state index contributed by atoms with van der Waals surface area (Å²) in [6.45, 7) is 1.63. The third-order valence-corrected chi connectivity index (χ3v) is 1.82. The van der Waals surface area contributed by atoms with Crippen LogP contribution in [0.25, 0.3) is 0 Å². The number of aliphatic hydroxyl groups excluding tert-OH is 1. The number of aliphatic hydroxyl groups is 1. The predicted molar refractivity (Wildman–Crippen MR) is 46.0 cm³/mol. The predicted octanol–water partition coefficient (Wildman–Crippen LogP) is 0.263. The molecule has 0 aromatic carbocycles. The second-order valence-electron chi connectivity index (χ2n) is 2.33. The molecule has 0 saturated carbocycles. The molecule has 0 radical (unpaired) electrons. The second-order valence-corrected chi connectivity index (χ2v) is 3.70. The van der Waals surface area contributed by atoms with Gasteiger partial charge in [-0.3, -0.25) is 4.79 Å². The fraction of sp³-hybridized carbons (Fsp3) is 0.714. The molecule has 0 bridgehead atoms. The number of hydrogen-bond donors (Lipinski definition) is 1. The van der Waals surface area contributed by atoms with Crippen LogP contribution in [0, 0.1) is 0 Å². The molecule has 1 N–H and O–H groups in total. The molecule has 0 spiro atoms. The maximum absolute atomic E-state index is 11.0. The second kappa shape index (κ2) is 5.27. The largest absolute Gasteiger partial charge is 0.467 e. The van der Waals surface area contributed by atoms with Crippen molar-refractivity contribution in [1.29, 1.82) is 0 Å². The van der Waals surface area contributed by atoms with Crippen LogP contribution in [0.4, 0.5) is 0 Å². The Labute approximate surface area is 79.0 Å². The average molecular weight is 239 g/mol.